The Morgan fingerprint density at radius 2 is 1.57 bits per heavy atom. The number of carbonyl (C=O) groups is 3. The molecular formula is C14H16N2O5. The van der Waals surface area contributed by atoms with Crippen molar-refractivity contribution >= 4 is 29.7 Å². The molecule has 0 aliphatic carbocycles. The van der Waals surface area contributed by atoms with Crippen LogP contribution in [-0.2, 0) is 23.9 Å². The number of ether oxygens (including phenoxy) is 2. The molecule has 0 saturated heterocycles. The molecule has 0 N–H and O–H groups in total. The highest BCUT2D eigenvalue weighted by Crippen LogP contribution is 2.37. The highest BCUT2D eigenvalue weighted by molar-refractivity contribution is 6.01. The monoisotopic (exact) mass is 292 g/mol. The number of carbonyl (C=O) groups excluding carboxylic acids is 3. The van der Waals surface area contributed by atoms with Gasteiger partial charge in [-0.25, -0.2) is 9.59 Å². The van der Waals surface area contributed by atoms with Gasteiger partial charge in [-0.2, -0.15) is 0 Å². The molecule has 21 heavy (non-hydrogen) atoms. The number of amides is 1. The predicted molar refractivity (Wildman–Crippen MR) is 75.0 cm³/mol. The maximum atomic E-state index is 12.1. The van der Waals surface area contributed by atoms with E-state index in [0.29, 0.717) is 17.8 Å². The zero-order valence-corrected chi connectivity index (χ0v) is 12.0. The van der Waals surface area contributed by atoms with Crippen LogP contribution in [0.25, 0.3) is 0 Å². The van der Waals surface area contributed by atoms with Gasteiger partial charge in [0, 0.05) is 7.05 Å². The third-order valence-electron chi connectivity index (χ3n) is 3.55. The quantitative estimate of drug-likeness (QED) is 0.584. The molecule has 112 valence electrons. The van der Waals surface area contributed by atoms with Crippen LogP contribution in [-0.4, -0.2) is 51.7 Å². The summed E-state index contributed by atoms with van der Waals surface area (Å²) in [5, 5.41) is 0. The number of hydrogen-bond acceptors (Lipinski definition) is 6. The van der Waals surface area contributed by atoms with E-state index in [-0.39, 0.29) is 0 Å². The average Bonchev–Trinajstić information content (AvgIpc) is 2.53. The fourth-order valence-corrected chi connectivity index (χ4v) is 2.54. The number of benzene rings is 1. The number of anilines is 2. The fourth-order valence-electron chi connectivity index (χ4n) is 2.54. The summed E-state index contributed by atoms with van der Waals surface area (Å²) in [6.45, 7) is 0. The van der Waals surface area contributed by atoms with Crippen LogP contribution in [0.5, 0.6) is 0 Å². The summed E-state index contributed by atoms with van der Waals surface area (Å²) in [6, 6.07) is 4.92. The molecule has 2 rings (SSSR count). The van der Waals surface area contributed by atoms with Crippen molar-refractivity contribution in [2.75, 3.05) is 31.1 Å². The largest absolute Gasteiger partial charge is 0.467 e. The van der Waals surface area contributed by atoms with E-state index in [1.165, 1.54) is 19.1 Å². The maximum absolute atomic E-state index is 12.1. The van der Waals surface area contributed by atoms with Crippen LogP contribution >= 0.6 is 0 Å². The van der Waals surface area contributed by atoms with Crippen LogP contribution in [0.15, 0.2) is 24.3 Å². The summed E-state index contributed by atoms with van der Waals surface area (Å²) in [4.78, 5) is 38.4. The summed E-state index contributed by atoms with van der Waals surface area (Å²) in [7, 11) is 4.11. The zero-order valence-electron chi connectivity index (χ0n) is 12.0. The van der Waals surface area contributed by atoms with E-state index in [9.17, 15) is 14.4 Å². The topological polar surface area (TPSA) is 76.2 Å². The molecule has 0 radical (unpaired) electrons. The van der Waals surface area contributed by atoms with E-state index in [0.717, 1.165) is 0 Å². The highest BCUT2D eigenvalue weighted by atomic mass is 16.5. The van der Waals surface area contributed by atoms with Gasteiger partial charge in [-0.05, 0) is 12.1 Å². The van der Waals surface area contributed by atoms with Crippen LogP contribution in [0.3, 0.4) is 0 Å². The second-order valence-electron chi connectivity index (χ2n) is 4.55. The molecule has 0 unspecified atom stereocenters. The lowest BCUT2D eigenvalue weighted by molar-refractivity contribution is -0.150. The number of rotatable bonds is 3. The standard InChI is InChI=1S/C14H16N2O5/c1-15-9-6-4-5-7-10(9)16(8-17)12(14(19)21-3)11(15)13(18)20-2/h4-8,11-12H,1-3H3/t11-,12-/m0/s1. The Bertz CT molecular complexity index is 574. The van der Waals surface area contributed by atoms with Crippen molar-refractivity contribution in [2.24, 2.45) is 0 Å². The van der Waals surface area contributed by atoms with Crippen molar-refractivity contribution in [3.8, 4) is 0 Å². The summed E-state index contributed by atoms with van der Waals surface area (Å²) in [6.07, 6.45) is 0.517. The summed E-state index contributed by atoms with van der Waals surface area (Å²) in [5.74, 6) is -1.30. The molecule has 7 nitrogen and oxygen atoms in total. The van der Waals surface area contributed by atoms with Crippen molar-refractivity contribution in [3.63, 3.8) is 0 Å². The number of para-hydroxylation sites is 2. The lowest BCUT2D eigenvalue weighted by Gasteiger charge is -2.43. The Labute approximate surface area is 122 Å². The van der Waals surface area contributed by atoms with Crippen molar-refractivity contribution in [1.82, 2.24) is 0 Å². The molecule has 7 heteroatoms. The van der Waals surface area contributed by atoms with Gasteiger partial charge >= 0.3 is 11.9 Å². The van der Waals surface area contributed by atoms with Gasteiger partial charge in [0.1, 0.15) is 0 Å². The minimum absolute atomic E-state index is 0.517. The molecule has 0 spiro atoms. The van der Waals surface area contributed by atoms with Crippen LogP contribution in [0.2, 0.25) is 0 Å². The van der Waals surface area contributed by atoms with Gasteiger partial charge in [0.15, 0.2) is 12.1 Å². The van der Waals surface area contributed by atoms with Gasteiger partial charge in [0.2, 0.25) is 6.41 Å². The van der Waals surface area contributed by atoms with Crippen LogP contribution in [0.1, 0.15) is 0 Å². The van der Waals surface area contributed by atoms with E-state index in [1.54, 1.807) is 36.2 Å². The van der Waals surface area contributed by atoms with Crippen molar-refractivity contribution < 1.29 is 23.9 Å². The van der Waals surface area contributed by atoms with Crippen molar-refractivity contribution in [2.45, 2.75) is 12.1 Å². The molecule has 2 atom stereocenters. The Balaban J connectivity index is 2.61. The first-order valence-corrected chi connectivity index (χ1v) is 6.28. The molecule has 0 fully saturated rings. The molecule has 1 aliphatic rings. The number of fused-ring (bicyclic) bond motifs is 1. The normalized spacial score (nSPS) is 20.5. The molecule has 1 heterocycles. The number of esters is 2. The average molecular weight is 292 g/mol. The maximum Gasteiger partial charge on any atom is 0.331 e. The SMILES string of the molecule is COC(=O)[C@@H]1[C@@H](C(=O)OC)N(C=O)c2ccccc2N1C. The lowest BCUT2D eigenvalue weighted by Crippen LogP contribution is -2.62. The van der Waals surface area contributed by atoms with Crippen LogP contribution < -0.4 is 9.80 Å². The first-order valence-electron chi connectivity index (χ1n) is 6.28. The predicted octanol–water partition coefficient (Wildman–Crippen LogP) is 0.182. The van der Waals surface area contributed by atoms with Gasteiger partial charge in [-0.3, -0.25) is 9.69 Å². The number of likely N-dealkylation sites (N-methyl/N-ethyl adjacent to an activating group) is 1. The van der Waals surface area contributed by atoms with E-state index in [4.69, 9.17) is 9.47 Å². The van der Waals surface area contributed by atoms with Gasteiger partial charge < -0.3 is 14.4 Å². The number of nitrogens with zero attached hydrogens (tertiary/aromatic N) is 2. The third-order valence-corrected chi connectivity index (χ3v) is 3.55. The molecule has 0 bridgehead atoms. The molecule has 0 saturated carbocycles. The van der Waals surface area contributed by atoms with Crippen molar-refractivity contribution in [3.05, 3.63) is 24.3 Å². The smallest absolute Gasteiger partial charge is 0.331 e. The molecule has 1 aromatic carbocycles. The molecular weight excluding hydrogens is 276 g/mol. The van der Waals surface area contributed by atoms with Crippen molar-refractivity contribution in [1.29, 1.82) is 0 Å². The molecule has 1 aromatic rings. The Morgan fingerprint density at radius 3 is 2.10 bits per heavy atom. The highest BCUT2D eigenvalue weighted by Gasteiger charge is 2.47. The Kier molecular flexibility index (Phi) is 4.11. The number of methoxy groups -OCH3 is 2. The van der Waals surface area contributed by atoms with Crippen LogP contribution in [0.4, 0.5) is 11.4 Å². The number of hydrogen-bond donors (Lipinski definition) is 0. The summed E-state index contributed by atoms with van der Waals surface area (Å²) < 4.78 is 9.50. The molecule has 1 amide bonds. The van der Waals surface area contributed by atoms with Gasteiger partial charge in [0.05, 0.1) is 25.6 Å². The minimum atomic E-state index is -1.10. The third kappa shape index (κ3) is 2.31. The first kappa shape index (κ1) is 14.8. The lowest BCUT2D eigenvalue weighted by atomic mass is 9.99. The van der Waals surface area contributed by atoms with E-state index in [2.05, 4.69) is 0 Å². The van der Waals surface area contributed by atoms with E-state index < -0.39 is 24.0 Å². The molecule has 1 aliphatic heterocycles. The van der Waals surface area contributed by atoms with E-state index in [1.807, 2.05) is 0 Å². The second kappa shape index (κ2) is 5.82. The zero-order chi connectivity index (χ0) is 15.6. The molecule has 0 aromatic heterocycles. The first-order chi connectivity index (χ1) is 10.1. The minimum Gasteiger partial charge on any atom is -0.467 e. The fraction of sp³-hybridized carbons (Fsp3) is 0.357. The summed E-state index contributed by atoms with van der Waals surface area (Å²) in [5.41, 5.74) is 1.19. The second-order valence-corrected chi connectivity index (χ2v) is 4.55. The Morgan fingerprint density at radius 1 is 1.05 bits per heavy atom. The van der Waals surface area contributed by atoms with Crippen LogP contribution in [0, 0.1) is 0 Å². The Hall–Kier alpha value is -2.57. The van der Waals surface area contributed by atoms with Gasteiger partial charge in [-0.1, -0.05) is 12.1 Å². The van der Waals surface area contributed by atoms with Gasteiger partial charge in [-0.15, -0.1) is 0 Å². The van der Waals surface area contributed by atoms with E-state index >= 15 is 0 Å². The summed E-state index contributed by atoms with van der Waals surface area (Å²) >= 11 is 0. The van der Waals surface area contributed by atoms with Gasteiger partial charge in [0.25, 0.3) is 0 Å².